The molecule has 0 radical (unpaired) electrons. The maximum absolute atomic E-state index is 13.3. The van der Waals surface area contributed by atoms with Crippen molar-refractivity contribution in [2.45, 2.75) is 6.42 Å². The number of carbonyl (C=O) groups is 1. The van der Waals surface area contributed by atoms with Gasteiger partial charge in [0.25, 0.3) is 0 Å². The lowest BCUT2D eigenvalue weighted by molar-refractivity contribution is 0.112. The highest BCUT2D eigenvalue weighted by molar-refractivity contribution is 6.31. The molecule has 0 fully saturated rings. The zero-order valence-electron chi connectivity index (χ0n) is 7.14. The van der Waals surface area contributed by atoms with E-state index in [4.69, 9.17) is 11.6 Å². The molecule has 1 aromatic rings. The van der Waals surface area contributed by atoms with Gasteiger partial charge in [-0.25, -0.2) is 4.39 Å². The number of carbonyl (C=O) groups excluding carboxylic acids is 1. The van der Waals surface area contributed by atoms with E-state index in [9.17, 15) is 9.18 Å². The minimum absolute atomic E-state index is 0. The number of rotatable bonds is 1. The first kappa shape index (κ1) is 11.3. The summed E-state index contributed by atoms with van der Waals surface area (Å²) in [5, 5.41) is 2.98. The molecular formula is C9H8Cl2FNO. The Balaban J connectivity index is 0.000000980. The highest BCUT2D eigenvalue weighted by atomic mass is 35.5. The van der Waals surface area contributed by atoms with E-state index < -0.39 is 5.82 Å². The van der Waals surface area contributed by atoms with Crippen molar-refractivity contribution in [1.29, 1.82) is 0 Å². The summed E-state index contributed by atoms with van der Waals surface area (Å²) in [7, 11) is 0. The van der Waals surface area contributed by atoms with Crippen molar-refractivity contribution >= 4 is 36.0 Å². The molecule has 1 heterocycles. The van der Waals surface area contributed by atoms with Crippen LogP contribution in [0.1, 0.15) is 15.9 Å². The fourth-order valence-electron chi connectivity index (χ4n) is 1.54. The number of anilines is 1. The molecule has 1 N–H and O–H groups in total. The number of benzene rings is 1. The van der Waals surface area contributed by atoms with E-state index in [0.717, 1.165) is 18.5 Å². The minimum atomic E-state index is -0.634. The van der Waals surface area contributed by atoms with Gasteiger partial charge in [-0.1, -0.05) is 11.6 Å². The first-order valence-corrected chi connectivity index (χ1v) is 4.31. The number of hydrogen-bond donors (Lipinski definition) is 1. The zero-order valence-corrected chi connectivity index (χ0v) is 8.71. The fourth-order valence-corrected chi connectivity index (χ4v) is 1.77. The highest BCUT2D eigenvalue weighted by Gasteiger charge is 2.19. The Kier molecular flexibility index (Phi) is 3.34. The van der Waals surface area contributed by atoms with Crippen molar-refractivity contribution in [3.8, 4) is 0 Å². The van der Waals surface area contributed by atoms with Gasteiger partial charge in [0, 0.05) is 6.54 Å². The molecule has 5 heteroatoms. The number of hydrogen-bond acceptors (Lipinski definition) is 2. The molecular weight excluding hydrogens is 228 g/mol. The van der Waals surface area contributed by atoms with Crippen LogP contribution in [-0.4, -0.2) is 12.8 Å². The molecule has 2 nitrogen and oxygen atoms in total. The lowest BCUT2D eigenvalue weighted by Crippen LogP contribution is -1.98. The van der Waals surface area contributed by atoms with Crippen molar-refractivity contribution in [2.75, 3.05) is 11.9 Å². The Bertz CT molecular complexity index is 382. The van der Waals surface area contributed by atoms with Gasteiger partial charge in [-0.3, -0.25) is 4.79 Å². The summed E-state index contributed by atoms with van der Waals surface area (Å²) in [6, 6.07) is 1.57. The smallest absolute Gasteiger partial charge is 0.155 e. The van der Waals surface area contributed by atoms with Crippen LogP contribution >= 0.6 is 24.0 Å². The van der Waals surface area contributed by atoms with Crippen LogP contribution in [0.5, 0.6) is 0 Å². The standard InChI is InChI=1S/C9H7ClFNO.ClH/c10-7-3-5-1-2-12-9(5)6(4-13)8(7)11;/h3-4,12H,1-2H2;1H. The normalized spacial score (nSPS) is 12.7. The molecule has 1 aliphatic rings. The van der Waals surface area contributed by atoms with Crippen LogP contribution < -0.4 is 5.32 Å². The zero-order chi connectivity index (χ0) is 9.42. The number of aldehydes is 1. The molecule has 0 aromatic heterocycles. The van der Waals surface area contributed by atoms with E-state index in [1.165, 1.54) is 0 Å². The van der Waals surface area contributed by atoms with Gasteiger partial charge in [-0.15, -0.1) is 12.4 Å². The summed E-state index contributed by atoms with van der Waals surface area (Å²) in [5.41, 5.74) is 1.55. The van der Waals surface area contributed by atoms with Crippen molar-refractivity contribution in [1.82, 2.24) is 0 Å². The number of nitrogens with one attached hydrogen (secondary N) is 1. The summed E-state index contributed by atoms with van der Waals surface area (Å²) >= 11 is 5.61. The predicted molar refractivity (Wildman–Crippen MR) is 56.2 cm³/mol. The number of fused-ring (bicyclic) bond motifs is 1. The lowest BCUT2D eigenvalue weighted by atomic mass is 10.1. The molecule has 1 aliphatic heterocycles. The highest BCUT2D eigenvalue weighted by Crippen LogP contribution is 2.31. The fraction of sp³-hybridized carbons (Fsp3) is 0.222. The first-order valence-electron chi connectivity index (χ1n) is 3.94. The second kappa shape index (κ2) is 4.15. The van der Waals surface area contributed by atoms with Crippen molar-refractivity contribution in [3.63, 3.8) is 0 Å². The van der Waals surface area contributed by atoms with Crippen LogP contribution in [0.2, 0.25) is 5.02 Å². The van der Waals surface area contributed by atoms with Crippen LogP contribution in [0.25, 0.3) is 0 Å². The van der Waals surface area contributed by atoms with E-state index in [1.807, 2.05) is 0 Å². The third-order valence-corrected chi connectivity index (χ3v) is 2.43. The van der Waals surface area contributed by atoms with Gasteiger partial charge in [-0.05, 0) is 18.1 Å². The monoisotopic (exact) mass is 235 g/mol. The Morgan fingerprint density at radius 1 is 1.57 bits per heavy atom. The van der Waals surface area contributed by atoms with Gasteiger partial charge >= 0.3 is 0 Å². The Morgan fingerprint density at radius 3 is 2.93 bits per heavy atom. The largest absolute Gasteiger partial charge is 0.384 e. The Labute approximate surface area is 91.9 Å². The molecule has 2 rings (SSSR count). The summed E-state index contributed by atoms with van der Waals surface area (Å²) in [6.07, 6.45) is 1.29. The Hall–Kier alpha value is -0.800. The summed E-state index contributed by atoms with van der Waals surface area (Å²) in [4.78, 5) is 10.6. The molecule has 0 unspecified atom stereocenters. The van der Waals surface area contributed by atoms with Crippen LogP contribution in [-0.2, 0) is 6.42 Å². The molecule has 0 saturated heterocycles. The van der Waals surface area contributed by atoms with Gasteiger partial charge in [0.2, 0.25) is 0 Å². The van der Waals surface area contributed by atoms with E-state index >= 15 is 0 Å². The van der Waals surface area contributed by atoms with Crippen LogP contribution in [0.4, 0.5) is 10.1 Å². The molecule has 0 aliphatic carbocycles. The number of halogens is 3. The van der Waals surface area contributed by atoms with Gasteiger partial charge in [0.15, 0.2) is 12.1 Å². The second-order valence-electron chi connectivity index (χ2n) is 2.91. The van der Waals surface area contributed by atoms with Gasteiger partial charge in [0.1, 0.15) is 0 Å². The minimum Gasteiger partial charge on any atom is -0.384 e. The quantitative estimate of drug-likeness (QED) is 0.759. The average Bonchev–Trinajstić information content (AvgIpc) is 2.54. The van der Waals surface area contributed by atoms with Crippen molar-refractivity contribution in [3.05, 3.63) is 28.0 Å². The van der Waals surface area contributed by atoms with Gasteiger partial charge < -0.3 is 5.32 Å². The van der Waals surface area contributed by atoms with Gasteiger partial charge in [0.05, 0.1) is 16.3 Å². The van der Waals surface area contributed by atoms with Crippen molar-refractivity contribution in [2.24, 2.45) is 0 Å². The third-order valence-electron chi connectivity index (χ3n) is 2.15. The topological polar surface area (TPSA) is 29.1 Å². The molecule has 0 amide bonds. The molecule has 0 atom stereocenters. The Morgan fingerprint density at radius 2 is 2.29 bits per heavy atom. The lowest BCUT2D eigenvalue weighted by Gasteiger charge is -2.05. The van der Waals surface area contributed by atoms with Crippen LogP contribution in [0.15, 0.2) is 6.07 Å². The maximum atomic E-state index is 13.3. The average molecular weight is 236 g/mol. The van der Waals surface area contributed by atoms with Crippen LogP contribution in [0.3, 0.4) is 0 Å². The van der Waals surface area contributed by atoms with Crippen LogP contribution in [0, 0.1) is 5.82 Å². The summed E-state index contributed by atoms with van der Waals surface area (Å²) in [5.74, 6) is -0.634. The second-order valence-corrected chi connectivity index (χ2v) is 3.32. The SMILES string of the molecule is Cl.O=Cc1c(F)c(Cl)cc2c1NCC2. The van der Waals surface area contributed by atoms with E-state index in [-0.39, 0.29) is 23.0 Å². The molecule has 0 saturated carbocycles. The molecule has 76 valence electrons. The third kappa shape index (κ3) is 1.57. The van der Waals surface area contributed by atoms with Crippen molar-refractivity contribution < 1.29 is 9.18 Å². The van der Waals surface area contributed by atoms with Gasteiger partial charge in [-0.2, -0.15) is 0 Å². The molecule has 1 aromatic carbocycles. The first-order chi connectivity index (χ1) is 6.24. The summed E-state index contributed by atoms with van der Waals surface area (Å²) < 4.78 is 13.3. The maximum Gasteiger partial charge on any atom is 0.155 e. The summed E-state index contributed by atoms with van der Waals surface area (Å²) in [6.45, 7) is 0.732. The predicted octanol–water partition coefficient (Wildman–Crippen LogP) is 2.68. The van der Waals surface area contributed by atoms with E-state index in [1.54, 1.807) is 6.07 Å². The van der Waals surface area contributed by atoms with E-state index in [0.29, 0.717) is 12.0 Å². The van der Waals surface area contributed by atoms with E-state index in [2.05, 4.69) is 5.32 Å². The molecule has 14 heavy (non-hydrogen) atoms. The molecule has 0 spiro atoms. The molecule has 0 bridgehead atoms.